The zero-order chi connectivity index (χ0) is 13.1. The Morgan fingerprint density at radius 3 is 2.72 bits per heavy atom. The minimum Gasteiger partial charge on any atom is -0.468 e. The zero-order valence-electron chi connectivity index (χ0n) is 10.1. The van der Waals surface area contributed by atoms with Gasteiger partial charge in [0.05, 0.1) is 12.5 Å². The van der Waals surface area contributed by atoms with Gasteiger partial charge in [0.1, 0.15) is 0 Å². The fourth-order valence-electron chi connectivity index (χ4n) is 2.14. The Morgan fingerprint density at radius 1 is 1.44 bits per heavy atom. The molecule has 0 saturated carbocycles. The molecule has 0 bridgehead atoms. The number of ketones is 1. The maximum atomic E-state index is 11.8. The molecule has 1 aromatic rings. The van der Waals surface area contributed by atoms with Crippen molar-refractivity contribution < 1.29 is 14.3 Å². The third kappa shape index (κ3) is 2.57. The Labute approximate surface area is 111 Å². The summed E-state index contributed by atoms with van der Waals surface area (Å²) in [5.74, 6) is -0.634. The topological polar surface area (TPSA) is 46.6 Å². The van der Waals surface area contributed by atoms with Crippen LogP contribution in [0.3, 0.4) is 0 Å². The molecule has 0 spiro atoms. The van der Waals surface area contributed by atoms with Gasteiger partial charge in [0.25, 0.3) is 0 Å². The highest BCUT2D eigenvalue weighted by Gasteiger charge is 2.43. The van der Waals surface area contributed by atoms with Crippen molar-refractivity contribution in [3.05, 3.63) is 35.9 Å². The maximum absolute atomic E-state index is 11.8. The van der Waals surface area contributed by atoms with Crippen molar-refractivity contribution in [2.45, 2.75) is 24.4 Å². The highest BCUT2D eigenvalue weighted by Crippen LogP contribution is 2.26. The first-order chi connectivity index (χ1) is 8.63. The van der Waals surface area contributed by atoms with Gasteiger partial charge in [-0.15, -0.1) is 0 Å². The van der Waals surface area contributed by atoms with Gasteiger partial charge in [-0.1, -0.05) is 30.3 Å². The fraction of sp³-hybridized carbons (Fsp3) is 0.385. The normalized spacial score (nSPS) is 24.2. The molecule has 1 aliphatic rings. The number of carbonyl (C=O) groups excluding carboxylic acids is 2. The molecule has 1 heterocycles. The number of likely N-dealkylation sites (tertiary alicyclic amines) is 1. The predicted octanol–water partition coefficient (Wildman–Crippen LogP) is 1.26. The quantitative estimate of drug-likeness (QED) is 0.508. The number of ether oxygens (including phenoxy) is 1. The molecule has 1 aromatic carbocycles. The molecule has 1 aliphatic heterocycles. The summed E-state index contributed by atoms with van der Waals surface area (Å²) in [5, 5.41) is -0.234. The van der Waals surface area contributed by atoms with Crippen molar-refractivity contribution in [2.75, 3.05) is 7.11 Å². The molecule has 4 nitrogen and oxygen atoms in total. The minimum absolute atomic E-state index is 0.127. The smallest absolute Gasteiger partial charge is 0.330 e. The molecule has 5 heteroatoms. The van der Waals surface area contributed by atoms with Gasteiger partial charge >= 0.3 is 5.97 Å². The van der Waals surface area contributed by atoms with Crippen molar-refractivity contribution in [3.63, 3.8) is 0 Å². The first kappa shape index (κ1) is 13.1. The van der Waals surface area contributed by atoms with Crippen molar-refractivity contribution in [2.24, 2.45) is 0 Å². The van der Waals surface area contributed by atoms with E-state index in [2.05, 4.69) is 17.4 Å². The Kier molecular flexibility index (Phi) is 4.04. The summed E-state index contributed by atoms with van der Waals surface area (Å²) >= 11 is 4.37. The third-order valence-electron chi connectivity index (χ3n) is 3.04. The van der Waals surface area contributed by atoms with Gasteiger partial charge in [-0.25, -0.2) is 4.79 Å². The first-order valence-corrected chi connectivity index (χ1v) is 6.23. The van der Waals surface area contributed by atoms with E-state index < -0.39 is 12.0 Å². The van der Waals surface area contributed by atoms with Crippen molar-refractivity contribution in [1.82, 2.24) is 4.90 Å². The highest BCUT2D eigenvalue weighted by molar-refractivity contribution is 7.80. The van der Waals surface area contributed by atoms with Gasteiger partial charge in [-0.2, -0.15) is 12.6 Å². The van der Waals surface area contributed by atoms with E-state index in [1.807, 2.05) is 30.3 Å². The fourth-order valence-corrected chi connectivity index (χ4v) is 2.53. The average molecular weight is 265 g/mol. The van der Waals surface area contributed by atoms with Crippen LogP contribution in [0.25, 0.3) is 0 Å². The molecule has 18 heavy (non-hydrogen) atoms. The van der Waals surface area contributed by atoms with Crippen molar-refractivity contribution in [3.8, 4) is 0 Å². The molecule has 1 fully saturated rings. The standard InChI is InChI=1S/C13H15NO3S/c1-17-13(16)12-10(15)7-11(18)14(12)8-9-5-3-2-4-6-9/h2-6,11-12,18H,7-8H2,1H3/t11-,12-/m0/s1. The van der Waals surface area contributed by atoms with Crippen molar-refractivity contribution in [1.29, 1.82) is 0 Å². The van der Waals surface area contributed by atoms with E-state index in [0.29, 0.717) is 6.54 Å². The van der Waals surface area contributed by atoms with Gasteiger partial charge in [0.15, 0.2) is 11.8 Å². The van der Waals surface area contributed by atoms with Gasteiger partial charge < -0.3 is 4.74 Å². The van der Waals surface area contributed by atoms with Crippen LogP contribution >= 0.6 is 12.6 Å². The van der Waals surface area contributed by atoms with Crippen LogP contribution in [0, 0.1) is 0 Å². The molecular weight excluding hydrogens is 250 g/mol. The summed E-state index contributed by atoms with van der Waals surface area (Å²) < 4.78 is 4.69. The Morgan fingerprint density at radius 2 is 2.11 bits per heavy atom. The van der Waals surface area contributed by atoms with Gasteiger partial charge in [0, 0.05) is 13.0 Å². The summed E-state index contributed by atoms with van der Waals surface area (Å²) in [5.41, 5.74) is 1.04. The third-order valence-corrected chi connectivity index (χ3v) is 3.51. The highest BCUT2D eigenvalue weighted by atomic mass is 32.1. The second-order valence-corrected chi connectivity index (χ2v) is 4.83. The van der Waals surface area contributed by atoms with Crippen LogP contribution in [0.2, 0.25) is 0 Å². The van der Waals surface area contributed by atoms with Crippen molar-refractivity contribution >= 4 is 24.4 Å². The number of esters is 1. The molecule has 2 rings (SSSR count). The van der Waals surface area contributed by atoms with E-state index in [1.54, 1.807) is 4.90 Å². The number of benzene rings is 1. The van der Waals surface area contributed by atoms with E-state index >= 15 is 0 Å². The van der Waals surface area contributed by atoms with Crippen LogP contribution in [-0.4, -0.2) is 35.2 Å². The van der Waals surface area contributed by atoms with E-state index in [4.69, 9.17) is 0 Å². The number of rotatable bonds is 3. The van der Waals surface area contributed by atoms with Gasteiger partial charge in [0.2, 0.25) is 0 Å². The number of thiol groups is 1. The number of Topliss-reactive ketones (excluding diaryl/α,β-unsaturated/α-hetero) is 1. The van der Waals surface area contributed by atoms with Crippen LogP contribution in [0.15, 0.2) is 30.3 Å². The van der Waals surface area contributed by atoms with E-state index in [1.165, 1.54) is 7.11 Å². The van der Waals surface area contributed by atoms with Crippen LogP contribution < -0.4 is 0 Å². The lowest BCUT2D eigenvalue weighted by molar-refractivity contribution is -0.148. The average Bonchev–Trinajstić information content (AvgIpc) is 2.65. The molecule has 0 radical (unpaired) electrons. The molecular formula is C13H15NO3S. The molecule has 2 atom stereocenters. The Bertz CT molecular complexity index is 441. The molecule has 1 saturated heterocycles. The number of hydrogen-bond donors (Lipinski definition) is 1. The first-order valence-electron chi connectivity index (χ1n) is 5.71. The summed E-state index contributed by atoms with van der Waals surface area (Å²) in [6.07, 6.45) is 0.274. The number of nitrogens with zero attached hydrogens (tertiary/aromatic N) is 1. The molecule has 0 aliphatic carbocycles. The molecule has 0 amide bonds. The number of hydrogen-bond acceptors (Lipinski definition) is 5. The van der Waals surface area contributed by atoms with Gasteiger partial charge in [-0.3, -0.25) is 9.69 Å². The second-order valence-electron chi connectivity index (χ2n) is 4.23. The summed E-state index contributed by atoms with van der Waals surface area (Å²) in [7, 11) is 1.29. The second kappa shape index (κ2) is 5.54. The monoisotopic (exact) mass is 265 g/mol. The van der Waals surface area contributed by atoms with Crippen LogP contribution in [0.1, 0.15) is 12.0 Å². The molecule has 0 aromatic heterocycles. The van der Waals surface area contributed by atoms with E-state index in [-0.39, 0.29) is 17.6 Å². The molecule has 0 N–H and O–H groups in total. The van der Waals surface area contributed by atoms with E-state index in [9.17, 15) is 9.59 Å². The number of methoxy groups -OCH3 is 1. The molecule has 96 valence electrons. The lowest BCUT2D eigenvalue weighted by Gasteiger charge is -2.24. The summed E-state index contributed by atoms with van der Waals surface area (Å²) in [6, 6.07) is 8.86. The number of carbonyl (C=O) groups is 2. The lowest BCUT2D eigenvalue weighted by Crippen LogP contribution is -2.42. The predicted molar refractivity (Wildman–Crippen MR) is 70.2 cm³/mol. The SMILES string of the molecule is COC(=O)[C@@H]1C(=O)C[C@H](S)N1Cc1ccccc1. The van der Waals surface area contributed by atoms with E-state index in [0.717, 1.165) is 5.56 Å². The maximum Gasteiger partial charge on any atom is 0.330 e. The van der Waals surface area contributed by atoms with Crippen LogP contribution in [-0.2, 0) is 20.9 Å². The Hall–Kier alpha value is -1.33. The largest absolute Gasteiger partial charge is 0.468 e. The van der Waals surface area contributed by atoms with Crippen LogP contribution in [0.4, 0.5) is 0 Å². The minimum atomic E-state index is -0.822. The summed E-state index contributed by atoms with van der Waals surface area (Å²) in [4.78, 5) is 25.2. The van der Waals surface area contributed by atoms with Gasteiger partial charge in [-0.05, 0) is 5.56 Å². The lowest BCUT2D eigenvalue weighted by atomic mass is 10.1. The van der Waals surface area contributed by atoms with Crippen LogP contribution in [0.5, 0.6) is 0 Å². The zero-order valence-corrected chi connectivity index (χ0v) is 11.0. The summed E-state index contributed by atoms with van der Waals surface area (Å²) in [6.45, 7) is 0.514. The Balaban J connectivity index is 2.18. The molecule has 0 unspecified atom stereocenters.